The van der Waals surface area contributed by atoms with Gasteiger partial charge in [-0.15, -0.1) is 0 Å². The van der Waals surface area contributed by atoms with Gasteiger partial charge in [0, 0.05) is 15.9 Å². The van der Waals surface area contributed by atoms with Crippen molar-refractivity contribution < 1.29 is 14.3 Å². The van der Waals surface area contributed by atoms with Crippen molar-refractivity contribution in [3.63, 3.8) is 0 Å². The fourth-order valence-corrected chi connectivity index (χ4v) is 2.53. The van der Waals surface area contributed by atoms with Crippen LogP contribution in [-0.2, 0) is 6.42 Å². The maximum absolute atomic E-state index is 12.5. The van der Waals surface area contributed by atoms with Crippen LogP contribution in [0.1, 0.15) is 15.9 Å². The first-order valence-electron chi connectivity index (χ1n) is 6.24. The van der Waals surface area contributed by atoms with Crippen molar-refractivity contribution in [1.82, 2.24) is 0 Å². The lowest BCUT2D eigenvalue weighted by molar-refractivity contribution is 0.0990. The number of ketones is 1. The quantitative estimate of drug-likeness (QED) is 0.726. The second kappa shape index (κ2) is 6.96. The molecule has 0 aliphatic rings. The molecule has 110 valence electrons. The molecule has 0 aromatic heterocycles. The van der Waals surface area contributed by atoms with Gasteiger partial charge >= 0.3 is 0 Å². The van der Waals surface area contributed by atoms with E-state index in [2.05, 4.69) is 15.9 Å². The Kier molecular flexibility index (Phi) is 5.26. The van der Waals surface area contributed by atoms with Crippen LogP contribution >= 0.6 is 27.5 Å². The van der Waals surface area contributed by atoms with E-state index in [-0.39, 0.29) is 12.2 Å². The number of carbonyl (C=O) groups excluding carboxylic acids is 1. The summed E-state index contributed by atoms with van der Waals surface area (Å²) in [7, 11) is 3.11. The number of ether oxygens (including phenoxy) is 2. The van der Waals surface area contributed by atoms with Gasteiger partial charge in [0.1, 0.15) is 11.5 Å². The summed E-state index contributed by atoms with van der Waals surface area (Å²) in [5, 5.41) is 0.533. The molecule has 2 aromatic rings. The first-order valence-corrected chi connectivity index (χ1v) is 7.41. The van der Waals surface area contributed by atoms with Crippen molar-refractivity contribution in [2.75, 3.05) is 14.2 Å². The SMILES string of the molecule is COc1ccc(Br)c(CC(=O)c2ccc(Cl)cc2OC)c1. The summed E-state index contributed by atoms with van der Waals surface area (Å²) >= 11 is 9.36. The molecule has 0 amide bonds. The van der Waals surface area contributed by atoms with E-state index < -0.39 is 0 Å². The van der Waals surface area contributed by atoms with Crippen LogP contribution in [0.4, 0.5) is 0 Å². The largest absolute Gasteiger partial charge is 0.497 e. The second-order valence-corrected chi connectivity index (χ2v) is 5.69. The molecular weight excluding hydrogens is 356 g/mol. The molecule has 0 atom stereocenters. The minimum atomic E-state index is -0.0440. The summed E-state index contributed by atoms with van der Waals surface area (Å²) in [5.41, 5.74) is 1.37. The molecule has 0 saturated carbocycles. The molecule has 0 N–H and O–H groups in total. The molecule has 0 fully saturated rings. The average Bonchev–Trinajstić information content (AvgIpc) is 2.49. The van der Waals surface area contributed by atoms with Gasteiger partial charge in [-0.1, -0.05) is 27.5 Å². The highest BCUT2D eigenvalue weighted by Gasteiger charge is 2.15. The molecule has 2 aromatic carbocycles. The molecule has 5 heteroatoms. The molecule has 0 heterocycles. The van der Waals surface area contributed by atoms with Gasteiger partial charge in [-0.25, -0.2) is 0 Å². The summed E-state index contributed by atoms with van der Waals surface area (Å²) < 4.78 is 11.3. The lowest BCUT2D eigenvalue weighted by Crippen LogP contribution is -2.06. The van der Waals surface area contributed by atoms with E-state index in [4.69, 9.17) is 21.1 Å². The van der Waals surface area contributed by atoms with E-state index in [9.17, 15) is 4.79 Å². The van der Waals surface area contributed by atoms with Gasteiger partial charge in [0.2, 0.25) is 0 Å². The molecule has 3 nitrogen and oxygen atoms in total. The van der Waals surface area contributed by atoms with Crippen LogP contribution in [0.5, 0.6) is 11.5 Å². The third kappa shape index (κ3) is 3.77. The summed E-state index contributed by atoms with van der Waals surface area (Å²) in [6, 6.07) is 10.5. The van der Waals surface area contributed by atoms with Crippen molar-refractivity contribution in [3.8, 4) is 11.5 Å². The number of hydrogen-bond acceptors (Lipinski definition) is 3. The van der Waals surface area contributed by atoms with E-state index in [0.29, 0.717) is 22.1 Å². The smallest absolute Gasteiger partial charge is 0.171 e. The highest BCUT2D eigenvalue weighted by Crippen LogP contribution is 2.27. The Morgan fingerprint density at radius 3 is 2.57 bits per heavy atom. The number of carbonyl (C=O) groups is 1. The first kappa shape index (κ1) is 15.9. The number of hydrogen-bond donors (Lipinski definition) is 0. The molecule has 0 bridgehead atoms. The van der Waals surface area contributed by atoms with E-state index in [1.165, 1.54) is 7.11 Å². The summed E-state index contributed by atoms with van der Waals surface area (Å²) in [5.74, 6) is 1.15. The van der Waals surface area contributed by atoms with Crippen molar-refractivity contribution >= 4 is 33.3 Å². The van der Waals surface area contributed by atoms with E-state index in [1.807, 2.05) is 18.2 Å². The van der Waals surface area contributed by atoms with Crippen LogP contribution < -0.4 is 9.47 Å². The molecule has 0 aliphatic heterocycles. The van der Waals surface area contributed by atoms with Gasteiger partial charge in [0.15, 0.2) is 5.78 Å². The van der Waals surface area contributed by atoms with E-state index >= 15 is 0 Å². The molecule has 2 rings (SSSR count). The normalized spacial score (nSPS) is 10.3. The van der Waals surface area contributed by atoms with Gasteiger partial charge in [0.25, 0.3) is 0 Å². The zero-order valence-corrected chi connectivity index (χ0v) is 14.0. The topological polar surface area (TPSA) is 35.5 Å². The second-order valence-electron chi connectivity index (χ2n) is 4.40. The van der Waals surface area contributed by atoms with Crippen LogP contribution in [0, 0.1) is 0 Å². The van der Waals surface area contributed by atoms with E-state index in [0.717, 1.165) is 10.0 Å². The van der Waals surface area contributed by atoms with Crippen LogP contribution in [0.3, 0.4) is 0 Å². The van der Waals surface area contributed by atoms with Crippen LogP contribution in [0.15, 0.2) is 40.9 Å². The fourth-order valence-electron chi connectivity index (χ4n) is 1.98. The Morgan fingerprint density at radius 2 is 1.90 bits per heavy atom. The number of methoxy groups -OCH3 is 2. The van der Waals surface area contributed by atoms with Gasteiger partial charge < -0.3 is 9.47 Å². The van der Waals surface area contributed by atoms with Gasteiger partial charge in [-0.2, -0.15) is 0 Å². The lowest BCUT2D eigenvalue weighted by Gasteiger charge is -2.10. The van der Waals surface area contributed by atoms with Crippen LogP contribution in [-0.4, -0.2) is 20.0 Å². The molecule has 0 spiro atoms. The highest BCUT2D eigenvalue weighted by atomic mass is 79.9. The molecule has 0 aliphatic carbocycles. The highest BCUT2D eigenvalue weighted by molar-refractivity contribution is 9.10. The zero-order valence-electron chi connectivity index (χ0n) is 11.7. The van der Waals surface area contributed by atoms with Crippen molar-refractivity contribution in [2.45, 2.75) is 6.42 Å². The van der Waals surface area contributed by atoms with Gasteiger partial charge in [0.05, 0.1) is 19.8 Å². The standard InChI is InChI=1S/C16H14BrClO3/c1-20-12-4-6-14(17)10(7-12)8-15(19)13-5-3-11(18)9-16(13)21-2/h3-7,9H,8H2,1-2H3. The summed E-state index contributed by atoms with van der Waals surface area (Å²) in [6.45, 7) is 0. The maximum Gasteiger partial charge on any atom is 0.171 e. The molecule has 0 saturated heterocycles. The van der Waals surface area contributed by atoms with Crippen LogP contribution in [0.2, 0.25) is 5.02 Å². The minimum Gasteiger partial charge on any atom is -0.497 e. The zero-order chi connectivity index (χ0) is 15.4. The van der Waals surface area contributed by atoms with E-state index in [1.54, 1.807) is 25.3 Å². The Labute approximate surface area is 137 Å². The number of halogens is 2. The lowest BCUT2D eigenvalue weighted by atomic mass is 10.0. The monoisotopic (exact) mass is 368 g/mol. The number of benzene rings is 2. The average molecular weight is 370 g/mol. The molecule has 0 unspecified atom stereocenters. The molecule has 0 radical (unpaired) electrons. The van der Waals surface area contributed by atoms with Gasteiger partial charge in [-0.3, -0.25) is 4.79 Å². The van der Waals surface area contributed by atoms with Crippen molar-refractivity contribution in [3.05, 3.63) is 57.0 Å². The van der Waals surface area contributed by atoms with Crippen LogP contribution in [0.25, 0.3) is 0 Å². The summed E-state index contributed by atoms with van der Waals surface area (Å²) in [6.07, 6.45) is 0.246. The predicted octanol–water partition coefficient (Wildman–Crippen LogP) is 4.55. The minimum absolute atomic E-state index is 0.0440. The van der Waals surface area contributed by atoms with Crippen molar-refractivity contribution in [2.24, 2.45) is 0 Å². The molecule has 21 heavy (non-hydrogen) atoms. The van der Waals surface area contributed by atoms with Gasteiger partial charge in [-0.05, 0) is 42.0 Å². The Morgan fingerprint density at radius 1 is 1.14 bits per heavy atom. The summed E-state index contributed by atoms with van der Waals surface area (Å²) in [4.78, 5) is 12.5. The third-order valence-electron chi connectivity index (χ3n) is 3.07. The number of Topliss-reactive ketones (excluding diaryl/α,β-unsaturated/α-hetero) is 1. The number of rotatable bonds is 5. The predicted molar refractivity (Wildman–Crippen MR) is 86.7 cm³/mol. The first-order chi connectivity index (χ1) is 10.0. The fraction of sp³-hybridized carbons (Fsp3) is 0.188. The van der Waals surface area contributed by atoms with Crippen molar-refractivity contribution in [1.29, 1.82) is 0 Å². The maximum atomic E-state index is 12.5. The Balaban J connectivity index is 2.30. The molecular formula is C16H14BrClO3. The third-order valence-corrected chi connectivity index (χ3v) is 4.08. The Hall–Kier alpha value is -1.52. The Bertz CT molecular complexity index is 671.